The van der Waals surface area contributed by atoms with Crippen LogP contribution in [-0.2, 0) is 10.2 Å². The molecule has 1 fully saturated rings. The first-order valence-corrected chi connectivity index (χ1v) is 6.61. The van der Waals surface area contributed by atoms with E-state index in [1.165, 1.54) is 5.56 Å². The Morgan fingerprint density at radius 3 is 2.89 bits per heavy atom. The monoisotopic (exact) mass is 249 g/mol. The molecule has 0 amide bonds. The zero-order valence-electron chi connectivity index (χ0n) is 11.5. The van der Waals surface area contributed by atoms with Gasteiger partial charge in [0.1, 0.15) is 18.5 Å². The predicted octanol–water partition coefficient (Wildman–Crippen LogP) is 2.35. The van der Waals surface area contributed by atoms with Crippen molar-refractivity contribution in [2.75, 3.05) is 26.3 Å². The van der Waals surface area contributed by atoms with E-state index in [9.17, 15) is 0 Å². The molecule has 1 atom stereocenters. The van der Waals surface area contributed by atoms with E-state index in [1.807, 2.05) is 6.07 Å². The number of nitrogens with one attached hydrogen (secondary N) is 1. The minimum Gasteiger partial charge on any atom is -0.491 e. The van der Waals surface area contributed by atoms with Gasteiger partial charge >= 0.3 is 0 Å². The molecule has 0 aromatic heterocycles. The highest BCUT2D eigenvalue weighted by Gasteiger charge is 2.16. The van der Waals surface area contributed by atoms with Crippen molar-refractivity contribution in [2.24, 2.45) is 0 Å². The fraction of sp³-hybridized carbons (Fsp3) is 0.600. The van der Waals surface area contributed by atoms with Gasteiger partial charge in [-0.05, 0) is 23.1 Å². The average Bonchev–Trinajstić information content (AvgIpc) is 2.37. The van der Waals surface area contributed by atoms with Crippen LogP contribution in [0.15, 0.2) is 24.3 Å². The third-order valence-corrected chi connectivity index (χ3v) is 3.14. The number of morpholine rings is 1. The molecular weight excluding hydrogens is 226 g/mol. The van der Waals surface area contributed by atoms with Crippen molar-refractivity contribution in [3.8, 4) is 5.75 Å². The normalized spacial score (nSPS) is 20.7. The van der Waals surface area contributed by atoms with Crippen molar-refractivity contribution in [2.45, 2.75) is 32.3 Å². The molecule has 2 rings (SSSR count). The molecule has 0 unspecified atom stereocenters. The van der Waals surface area contributed by atoms with E-state index in [4.69, 9.17) is 9.47 Å². The van der Waals surface area contributed by atoms with E-state index in [2.05, 4.69) is 44.3 Å². The van der Waals surface area contributed by atoms with Crippen molar-refractivity contribution >= 4 is 0 Å². The van der Waals surface area contributed by atoms with Gasteiger partial charge < -0.3 is 14.8 Å². The summed E-state index contributed by atoms with van der Waals surface area (Å²) >= 11 is 0. The molecule has 0 aliphatic carbocycles. The first-order chi connectivity index (χ1) is 8.55. The molecule has 0 radical (unpaired) electrons. The highest BCUT2D eigenvalue weighted by molar-refractivity contribution is 5.32. The lowest BCUT2D eigenvalue weighted by Crippen LogP contribution is -2.41. The third kappa shape index (κ3) is 3.72. The Hall–Kier alpha value is -1.06. The number of hydrogen-bond donors (Lipinski definition) is 1. The second kappa shape index (κ2) is 5.72. The fourth-order valence-electron chi connectivity index (χ4n) is 1.97. The SMILES string of the molecule is CC(C)(C)c1cccc(OC[C@@H]2CNCCO2)c1. The maximum atomic E-state index is 5.82. The Bertz CT molecular complexity index is 378. The maximum absolute atomic E-state index is 5.82. The lowest BCUT2D eigenvalue weighted by Gasteiger charge is -2.24. The van der Waals surface area contributed by atoms with Crippen molar-refractivity contribution in [3.05, 3.63) is 29.8 Å². The van der Waals surface area contributed by atoms with E-state index >= 15 is 0 Å². The summed E-state index contributed by atoms with van der Waals surface area (Å²) < 4.78 is 11.4. The van der Waals surface area contributed by atoms with Crippen molar-refractivity contribution in [3.63, 3.8) is 0 Å². The van der Waals surface area contributed by atoms with Gasteiger partial charge in [0.15, 0.2) is 0 Å². The lowest BCUT2D eigenvalue weighted by atomic mass is 9.87. The molecule has 3 heteroatoms. The van der Waals surface area contributed by atoms with Crippen LogP contribution in [0.5, 0.6) is 5.75 Å². The molecule has 1 saturated heterocycles. The molecule has 0 bridgehead atoms. The first kappa shape index (κ1) is 13.4. The summed E-state index contributed by atoms with van der Waals surface area (Å²) in [4.78, 5) is 0. The van der Waals surface area contributed by atoms with Crippen LogP contribution in [0.25, 0.3) is 0 Å². The minimum atomic E-state index is 0.155. The van der Waals surface area contributed by atoms with Gasteiger partial charge in [0.25, 0.3) is 0 Å². The van der Waals surface area contributed by atoms with Crippen LogP contribution >= 0.6 is 0 Å². The largest absolute Gasteiger partial charge is 0.491 e. The van der Waals surface area contributed by atoms with Gasteiger partial charge in [0, 0.05) is 13.1 Å². The molecule has 18 heavy (non-hydrogen) atoms. The molecule has 1 aliphatic heterocycles. The molecule has 1 aliphatic rings. The summed E-state index contributed by atoms with van der Waals surface area (Å²) in [7, 11) is 0. The second-order valence-electron chi connectivity index (χ2n) is 5.79. The molecule has 1 aromatic carbocycles. The van der Waals surface area contributed by atoms with Gasteiger partial charge in [-0.1, -0.05) is 32.9 Å². The van der Waals surface area contributed by atoms with Gasteiger partial charge in [0.05, 0.1) is 6.61 Å². The van der Waals surface area contributed by atoms with Gasteiger partial charge in [-0.15, -0.1) is 0 Å². The Labute approximate surface area is 109 Å². The number of benzene rings is 1. The Balaban J connectivity index is 1.92. The summed E-state index contributed by atoms with van der Waals surface area (Å²) in [5.41, 5.74) is 1.45. The standard InChI is InChI=1S/C15H23NO2/c1-15(2,3)12-5-4-6-13(9-12)18-11-14-10-16-7-8-17-14/h4-6,9,14,16H,7-8,10-11H2,1-3H3/t14-/m0/s1. The zero-order chi connectivity index (χ0) is 13.0. The van der Waals surface area contributed by atoms with E-state index in [0.717, 1.165) is 25.4 Å². The maximum Gasteiger partial charge on any atom is 0.119 e. The van der Waals surface area contributed by atoms with E-state index < -0.39 is 0 Å². The van der Waals surface area contributed by atoms with Crippen molar-refractivity contribution in [1.29, 1.82) is 0 Å². The van der Waals surface area contributed by atoms with Gasteiger partial charge in [0.2, 0.25) is 0 Å². The summed E-state index contributed by atoms with van der Waals surface area (Å²) in [6.07, 6.45) is 0.164. The molecule has 0 spiro atoms. The summed E-state index contributed by atoms with van der Waals surface area (Å²) in [6.45, 7) is 9.83. The predicted molar refractivity (Wildman–Crippen MR) is 73.2 cm³/mol. The van der Waals surface area contributed by atoms with Crippen LogP contribution in [0.2, 0.25) is 0 Å². The number of rotatable bonds is 3. The zero-order valence-corrected chi connectivity index (χ0v) is 11.5. The highest BCUT2D eigenvalue weighted by Crippen LogP contribution is 2.25. The van der Waals surface area contributed by atoms with Crippen molar-refractivity contribution in [1.82, 2.24) is 5.32 Å². The lowest BCUT2D eigenvalue weighted by molar-refractivity contribution is 0.000170. The highest BCUT2D eigenvalue weighted by atomic mass is 16.5. The van der Waals surface area contributed by atoms with Crippen LogP contribution in [0.1, 0.15) is 26.3 Å². The van der Waals surface area contributed by atoms with Crippen LogP contribution in [-0.4, -0.2) is 32.4 Å². The second-order valence-corrected chi connectivity index (χ2v) is 5.79. The molecule has 0 saturated carbocycles. The van der Waals surface area contributed by atoms with Crippen LogP contribution in [0.4, 0.5) is 0 Å². The van der Waals surface area contributed by atoms with E-state index in [-0.39, 0.29) is 11.5 Å². The van der Waals surface area contributed by atoms with E-state index in [1.54, 1.807) is 0 Å². The average molecular weight is 249 g/mol. The first-order valence-electron chi connectivity index (χ1n) is 6.61. The smallest absolute Gasteiger partial charge is 0.119 e. The minimum absolute atomic E-state index is 0.155. The van der Waals surface area contributed by atoms with Crippen LogP contribution in [0.3, 0.4) is 0 Å². The van der Waals surface area contributed by atoms with Crippen LogP contribution < -0.4 is 10.1 Å². The van der Waals surface area contributed by atoms with Crippen molar-refractivity contribution < 1.29 is 9.47 Å². The third-order valence-electron chi connectivity index (χ3n) is 3.14. The van der Waals surface area contributed by atoms with Gasteiger partial charge in [-0.3, -0.25) is 0 Å². The Morgan fingerprint density at radius 1 is 1.39 bits per heavy atom. The summed E-state index contributed by atoms with van der Waals surface area (Å²) in [5, 5.41) is 3.30. The molecule has 1 aromatic rings. The quantitative estimate of drug-likeness (QED) is 0.892. The summed E-state index contributed by atoms with van der Waals surface area (Å²) in [6, 6.07) is 8.32. The van der Waals surface area contributed by atoms with Gasteiger partial charge in [-0.2, -0.15) is 0 Å². The molecule has 3 nitrogen and oxygen atoms in total. The fourth-order valence-corrected chi connectivity index (χ4v) is 1.97. The summed E-state index contributed by atoms with van der Waals surface area (Å²) in [5.74, 6) is 0.927. The molecular formula is C15H23NO2. The Kier molecular flexibility index (Phi) is 4.25. The molecule has 1 heterocycles. The number of ether oxygens (including phenoxy) is 2. The van der Waals surface area contributed by atoms with Gasteiger partial charge in [-0.25, -0.2) is 0 Å². The molecule has 1 N–H and O–H groups in total. The molecule has 100 valence electrons. The van der Waals surface area contributed by atoms with Crippen LogP contribution in [0, 0.1) is 0 Å². The topological polar surface area (TPSA) is 30.5 Å². The Morgan fingerprint density at radius 2 is 2.22 bits per heavy atom. The number of hydrogen-bond acceptors (Lipinski definition) is 3. The van der Waals surface area contributed by atoms with E-state index in [0.29, 0.717) is 6.61 Å².